The molecule has 2 heteroatoms. The molecule has 12 heavy (non-hydrogen) atoms. The first-order valence-electron chi connectivity index (χ1n) is 4.58. The van der Waals surface area contributed by atoms with E-state index in [2.05, 4.69) is 29.9 Å². The van der Waals surface area contributed by atoms with E-state index < -0.39 is 0 Å². The quantitative estimate of drug-likeness (QED) is 0.570. The van der Waals surface area contributed by atoms with Crippen LogP contribution in [0.3, 0.4) is 0 Å². The molecule has 1 fully saturated rings. The number of rotatable bonds is 2. The van der Waals surface area contributed by atoms with Gasteiger partial charge in [-0.3, -0.25) is 9.89 Å². The second kappa shape index (κ2) is 4.41. The molecule has 0 aliphatic carbocycles. The van der Waals surface area contributed by atoms with E-state index in [1.54, 1.807) is 0 Å². The Balaban J connectivity index is 2.66. The number of nitrogens with zero attached hydrogens (tertiary/aromatic N) is 2. The number of aliphatic imine (C=N–C) groups is 1. The Morgan fingerprint density at radius 3 is 2.75 bits per heavy atom. The second-order valence-corrected chi connectivity index (χ2v) is 3.31. The molecule has 0 radical (unpaired) electrons. The zero-order valence-corrected chi connectivity index (χ0v) is 8.25. The van der Waals surface area contributed by atoms with E-state index in [-0.39, 0.29) is 0 Å². The highest BCUT2D eigenvalue weighted by atomic mass is 15.1. The molecule has 1 unspecified atom stereocenters. The van der Waals surface area contributed by atoms with Crippen LogP contribution in [0.15, 0.2) is 16.6 Å². The van der Waals surface area contributed by atoms with Crippen molar-refractivity contribution in [1.82, 2.24) is 4.90 Å². The summed E-state index contributed by atoms with van der Waals surface area (Å²) in [5, 5.41) is 0. The molecule has 68 valence electrons. The lowest BCUT2D eigenvalue weighted by atomic mass is 10.1. The monoisotopic (exact) mass is 166 g/mol. The molecule has 0 spiro atoms. The third kappa shape index (κ3) is 1.95. The molecule has 1 aliphatic heterocycles. The highest BCUT2D eigenvalue weighted by molar-refractivity contribution is 5.80. The van der Waals surface area contributed by atoms with Gasteiger partial charge in [0.25, 0.3) is 0 Å². The van der Waals surface area contributed by atoms with Crippen molar-refractivity contribution in [2.75, 3.05) is 20.6 Å². The molecule has 1 saturated heterocycles. The topological polar surface area (TPSA) is 15.6 Å². The van der Waals surface area contributed by atoms with Crippen LogP contribution >= 0.6 is 0 Å². The minimum atomic E-state index is 0.610. The largest absolute Gasteiger partial charge is 0.299 e. The molecule has 0 N–H and O–H groups in total. The van der Waals surface area contributed by atoms with Gasteiger partial charge in [0.15, 0.2) is 0 Å². The fourth-order valence-corrected chi connectivity index (χ4v) is 1.83. The highest BCUT2D eigenvalue weighted by Crippen LogP contribution is 2.20. The van der Waals surface area contributed by atoms with Gasteiger partial charge in [-0.2, -0.15) is 0 Å². The average molecular weight is 166 g/mol. The van der Waals surface area contributed by atoms with Crippen LogP contribution < -0.4 is 0 Å². The summed E-state index contributed by atoms with van der Waals surface area (Å²) in [7, 11) is 4.02. The normalized spacial score (nSPS) is 27.2. The Bertz CT molecular complexity index is 194. The summed E-state index contributed by atoms with van der Waals surface area (Å²) in [6, 6.07) is 0.610. The van der Waals surface area contributed by atoms with Crippen LogP contribution in [0, 0.1) is 0 Å². The minimum Gasteiger partial charge on any atom is -0.299 e. The first kappa shape index (κ1) is 9.46. The zero-order chi connectivity index (χ0) is 8.97. The zero-order valence-electron chi connectivity index (χ0n) is 8.25. The molecule has 0 aromatic carbocycles. The molecule has 0 saturated carbocycles. The lowest BCUT2D eigenvalue weighted by Gasteiger charge is -2.19. The van der Waals surface area contributed by atoms with Gasteiger partial charge in [-0.25, -0.2) is 0 Å². The fraction of sp³-hybridized carbons (Fsp3) is 0.700. The Labute approximate surface area is 75.0 Å². The third-order valence-electron chi connectivity index (χ3n) is 2.52. The molecule has 0 aromatic heterocycles. The molecular weight excluding hydrogens is 148 g/mol. The average Bonchev–Trinajstić information content (AvgIpc) is 2.47. The lowest BCUT2D eigenvalue weighted by molar-refractivity contribution is 0.351. The van der Waals surface area contributed by atoms with Crippen LogP contribution in [0.25, 0.3) is 0 Å². The predicted molar refractivity (Wildman–Crippen MR) is 53.8 cm³/mol. The van der Waals surface area contributed by atoms with Gasteiger partial charge in [0.1, 0.15) is 0 Å². The molecule has 1 aliphatic rings. The van der Waals surface area contributed by atoms with E-state index in [4.69, 9.17) is 0 Å². The van der Waals surface area contributed by atoms with Crippen LogP contribution in [-0.2, 0) is 0 Å². The summed E-state index contributed by atoms with van der Waals surface area (Å²) < 4.78 is 0. The van der Waals surface area contributed by atoms with Crippen molar-refractivity contribution < 1.29 is 0 Å². The molecule has 0 bridgehead atoms. The van der Waals surface area contributed by atoms with Gasteiger partial charge >= 0.3 is 0 Å². The third-order valence-corrected chi connectivity index (χ3v) is 2.52. The van der Waals surface area contributed by atoms with Gasteiger partial charge in [-0.15, -0.1) is 0 Å². The van der Waals surface area contributed by atoms with Gasteiger partial charge < -0.3 is 0 Å². The van der Waals surface area contributed by atoms with E-state index >= 15 is 0 Å². The van der Waals surface area contributed by atoms with Gasteiger partial charge in [0.2, 0.25) is 0 Å². The molecule has 2 nitrogen and oxygen atoms in total. The maximum absolute atomic E-state index is 4.07. The van der Waals surface area contributed by atoms with Crippen LogP contribution in [0.5, 0.6) is 0 Å². The first-order chi connectivity index (χ1) is 5.79. The SMILES string of the molecule is CC=C(C=NC)C1CCCN1C. The lowest BCUT2D eigenvalue weighted by Crippen LogP contribution is -2.27. The van der Waals surface area contributed by atoms with E-state index in [1.807, 2.05) is 13.3 Å². The van der Waals surface area contributed by atoms with Gasteiger partial charge in [0, 0.05) is 19.3 Å². The molecular formula is C10H18N2. The van der Waals surface area contributed by atoms with Crippen molar-refractivity contribution in [2.45, 2.75) is 25.8 Å². The van der Waals surface area contributed by atoms with E-state index in [0.29, 0.717) is 6.04 Å². The number of hydrogen-bond acceptors (Lipinski definition) is 2. The first-order valence-corrected chi connectivity index (χ1v) is 4.58. The Kier molecular flexibility index (Phi) is 3.48. The van der Waals surface area contributed by atoms with Crippen molar-refractivity contribution in [1.29, 1.82) is 0 Å². The summed E-state index contributed by atoms with van der Waals surface area (Å²) in [5.74, 6) is 0. The van der Waals surface area contributed by atoms with Crippen molar-refractivity contribution in [3.8, 4) is 0 Å². The van der Waals surface area contributed by atoms with Gasteiger partial charge in [0.05, 0.1) is 0 Å². The van der Waals surface area contributed by atoms with E-state index in [9.17, 15) is 0 Å². The summed E-state index contributed by atoms with van der Waals surface area (Å²) in [6.45, 7) is 3.31. The number of likely N-dealkylation sites (tertiary alicyclic amines) is 1. The summed E-state index contributed by atoms with van der Waals surface area (Å²) >= 11 is 0. The van der Waals surface area contributed by atoms with E-state index in [0.717, 1.165) is 0 Å². The summed E-state index contributed by atoms with van der Waals surface area (Å²) in [5.41, 5.74) is 1.36. The van der Waals surface area contributed by atoms with Crippen molar-refractivity contribution in [3.63, 3.8) is 0 Å². The van der Waals surface area contributed by atoms with Gasteiger partial charge in [-0.1, -0.05) is 6.08 Å². The fourth-order valence-electron chi connectivity index (χ4n) is 1.83. The smallest absolute Gasteiger partial charge is 0.0357 e. The highest BCUT2D eigenvalue weighted by Gasteiger charge is 2.22. The van der Waals surface area contributed by atoms with E-state index in [1.165, 1.54) is 25.0 Å². The molecule has 1 rings (SSSR count). The standard InChI is InChI=1S/C10H18N2/c1-4-9(8-11-2)10-6-5-7-12(10)3/h4,8,10H,5-7H2,1-3H3. The van der Waals surface area contributed by atoms with Crippen LogP contribution in [0.1, 0.15) is 19.8 Å². The number of hydrogen-bond donors (Lipinski definition) is 0. The molecule has 1 atom stereocenters. The number of likely N-dealkylation sites (N-methyl/N-ethyl adjacent to an activating group) is 1. The predicted octanol–water partition coefficient (Wildman–Crippen LogP) is 1.73. The maximum atomic E-state index is 4.07. The summed E-state index contributed by atoms with van der Waals surface area (Å²) in [6.07, 6.45) is 6.74. The second-order valence-electron chi connectivity index (χ2n) is 3.31. The van der Waals surface area contributed by atoms with Crippen molar-refractivity contribution in [3.05, 3.63) is 11.6 Å². The van der Waals surface area contributed by atoms with Crippen LogP contribution in [0.2, 0.25) is 0 Å². The Hall–Kier alpha value is -0.630. The summed E-state index contributed by atoms with van der Waals surface area (Å²) in [4.78, 5) is 6.47. The maximum Gasteiger partial charge on any atom is 0.0357 e. The minimum absolute atomic E-state index is 0.610. The molecule has 0 aromatic rings. The molecule has 1 heterocycles. The van der Waals surface area contributed by atoms with Crippen LogP contribution in [0.4, 0.5) is 0 Å². The van der Waals surface area contributed by atoms with Crippen molar-refractivity contribution in [2.24, 2.45) is 4.99 Å². The number of allylic oxidation sites excluding steroid dienone is 1. The van der Waals surface area contributed by atoms with Gasteiger partial charge in [-0.05, 0) is 38.9 Å². The Morgan fingerprint density at radius 1 is 1.58 bits per heavy atom. The van der Waals surface area contributed by atoms with Crippen molar-refractivity contribution >= 4 is 6.21 Å². The molecule has 0 amide bonds. The Morgan fingerprint density at radius 2 is 2.33 bits per heavy atom. The van der Waals surface area contributed by atoms with Crippen LogP contribution in [-0.4, -0.2) is 37.8 Å².